The van der Waals surface area contributed by atoms with Crippen LogP contribution >= 0.6 is 15.9 Å². The first-order valence-corrected chi connectivity index (χ1v) is 25.8. The number of carbonyl (C=O) groups is 2. The number of hydrogen-bond donors (Lipinski definition) is 4. The van der Waals surface area contributed by atoms with Gasteiger partial charge in [-0.3, -0.25) is 18.4 Å². The average molecular weight is 1090 g/mol. The van der Waals surface area contributed by atoms with Crippen LogP contribution in [0.2, 0.25) is 0 Å². The molecule has 3 saturated heterocycles. The summed E-state index contributed by atoms with van der Waals surface area (Å²) in [7, 11) is -0.313. The van der Waals surface area contributed by atoms with Crippen LogP contribution in [0.4, 0.5) is 0 Å². The van der Waals surface area contributed by atoms with Crippen LogP contribution < -0.4 is 5.46 Å². The van der Waals surface area contributed by atoms with E-state index in [1.807, 2.05) is 69.7 Å². The number of β-amino-alcohol motifs (C(OH)–C–C–N with tert-alkyl or cyclic N) is 2. The fourth-order valence-corrected chi connectivity index (χ4v) is 10.6. The molecule has 24 heteroatoms. The minimum Gasteiger partial charge on any atom is -0.399 e. The number of rotatable bonds is 8. The zero-order valence-electron chi connectivity index (χ0n) is 42.7. The lowest BCUT2D eigenvalue weighted by Crippen LogP contribution is -2.41. The molecular weight excluding hydrogens is 1040 g/mol. The highest BCUT2D eigenvalue weighted by atomic mass is 79.9. The molecule has 0 unspecified atom stereocenters. The monoisotopic (exact) mass is 1090 g/mol. The first-order chi connectivity index (χ1) is 36.5. The lowest BCUT2D eigenvalue weighted by molar-refractivity contribution is -0.131. The van der Waals surface area contributed by atoms with Crippen molar-refractivity contribution in [3.05, 3.63) is 138 Å². The second-order valence-corrected chi connectivity index (χ2v) is 21.0. The number of aliphatic hydroxyl groups excluding tert-OH is 2. The number of carbonyl (C=O) groups excluding carboxylic acids is 2. The molecule has 22 nitrogen and oxygen atoms in total. The minimum atomic E-state index is -0.576. The smallest absolute Gasteiger partial charge is 0.399 e. The maximum Gasteiger partial charge on any atom is 0.494 e. The van der Waals surface area contributed by atoms with Gasteiger partial charge in [-0.2, -0.15) is 30.0 Å². The number of halogens is 1. The van der Waals surface area contributed by atoms with Gasteiger partial charge >= 0.3 is 7.12 Å². The largest absolute Gasteiger partial charge is 0.494 e. The molecule has 2 aromatic carbocycles. The topological polar surface area (TPSA) is 253 Å². The third-order valence-electron chi connectivity index (χ3n) is 14.6. The van der Waals surface area contributed by atoms with Gasteiger partial charge in [0.15, 0.2) is 11.3 Å². The fourth-order valence-electron chi connectivity index (χ4n) is 10.1. The molecule has 76 heavy (non-hydrogen) atoms. The number of nitrogens with one attached hydrogen (secondary N) is 2. The molecule has 11 heterocycles. The van der Waals surface area contributed by atoms with Gasteiger partial charge in [0.1, 0.15) is 16.3 Å². The molecule has 10 aromatic rings. The number of H-pyrrole nitrogens is 2. The summed E-state index contributed by atoms with van der Waals surface area (Å²) in [6, 6.07) is 19.6. The number of aliphatic hydroxyl groups is 2. The Morgan fingerprint density at radius 3 is 1.58 bits per heavy atom. The molecule has 0 aliphatic carbocycles. The van der Waals surface area contributed by atoms with Crippen LogP contribution in [0.25, 0.3) is 44.6 Å². The number of nitrogens with zero attached hydrogens (tertiary/aromatic N) is 14. The summed E-state index contributed by atoms with van der Waals surface area (Å²) >= 11 is 3.46. The highest BCUT2D eigenvalue weighted by molar-refractivity contribution is 9.10. The Hall–Kier alpha value is -7.64. The highest BCUT2D eigenvalue weighted by Gasteiger charge is 2.51. The van der Waals surface area contributed by atoms with E-state index in [0.717, 1.165) is 72.9 Å². The Kier molecular flexibility index (Phi) is 13.4. The highest BCUT2D eigenvalue weighted by Crippen LogP contribution is 2.39. The van der Waals surface area contributed by atoms with E-state index in [2.05, 4.69) is 101 Å². The quantitative estimate of drug-likeness (QED) is 0.139. The summed E-state index contributed by atoms with van der Waals surface area (Å²) < 4.78 is 16.8. The third kappa shape index (κ3) is 9.66. The van der Waals surface area contributed by atoms with Crippen molar-refractivity contribution in [2.45, 2.75) is 103 Å². The Bertz CT molecular complexity index is 3670. The van der Waals surface area contributed by atoms with Crippen LogP contribution in [0, 0.1) is 0 Å². The van der Waals surface area contributed by atoms with Gasteiger partial charge in [-0.1, -0.05) is 48.5 Å². The second-order valence-electron chi connectivity index (χ2n) is 20.3. The number of amides is 2. The van der Waals surface area contributed by atoms with Crippen LogP contribution in [-0.4, -0.2) is 144 Å². The van der Waals surface area contributed by atoms with E-state index in [1.165, 1.54) is 13.8 Å². The molecule has 4 N–H and O–H groups in total. The van der Waals surface area contributed by atoms with Crippen molar-refractivity contribution >= 4 is 73.7 Å². The molecule has 2 amide bonds. The first-order valence-electron chi connectivity index (χ1n) is 25.0. The number of benzene rings is 2. The van der Waals surface area contributed by atoms with Gasteiger partial charge in [0.2, 0.25) is 11.8 Å². The summed E-state index contributed by atoms with van der Waals surface area (Å²) in [5.41, 5.74) is 9.33. The number of imidazole rings is 2. The summed E-state index contributed by atoms with van der Waals surface area (Å²) in [5.74, 6) is 1.32. The van der Waals surface area contributed by atoms with E-state index in [0.29, 0.717) is 43.6 Å². The van der Waals surface area contributed by atoms with Gasteiger partial charge in [0.05, 0.1) is 114 Å². The van der Waals surface area contributed by atoms with E-state index < -0.39 is 12.2 Å². The molecule has 0 bridgehead atoms. The maximum atomic E-state index is 12.3. The van der Waals surface area contributed by atoms with Crippen molar-refractivity contribution in [2.75, 3.05) is 13.1 Å². The molecule has 0 spiro atoms. The molecule has 13 rings (SSSR count). The summed E-state index contributed by atoms with van der Waals surface area (Å²) in [4.78, 5) is 55.6. The molecule has 4 atom stereocenters. The molecule has 3 aliphatic rings. The van der Waals surface area contributed by atoms with Gasteiger partial charge < -0.3 is 39.3 Å². The second kappa shape index (κ2) is 20.1. The summed E-state index contributed by atoms with van der Waals surface area (Å²) in [6.45, 7) is 13.2. The van der Waals surface area contributed by atoms with Crippen molar-refractivity contribution in [1.29, 1.82) is 0 Å². The number of fused-ring (bicyclic) bond motifs is 6. The Balaban J connectivity index is 0.000000126. The Labute approximate surface area is 444 Å². The SMILES string of the molecule is CC(=O)N1C[C@H](O)C[C@@H]1c1nc(-c2ccc(Cn3nccn3)cc2)c2cnc3[nH]ccc3n12.CC(=O)N1C[C@H](O)C[C@@H]1c1nc(Br)c2cnc3[nH]ccc3n12.CC1(C)OB(c2ccc(Cn3nccn3)cc2)OC1(C)C. The zero-order valence-corrected chi connectivity index (χ0v) is 44.3. The van der Waals surface area contributed by atoms with E-state index in [-0.39, 0.29) is 42.2 Å². The molecule has 390 valence electrons. The van der Waals surface area contributed by atoms with E-state index >= 15 is 0 Å². The van der Waals surface area contributed by atoms with Crippen molar-refractivity contribution in [2.24, 2.45) is 0 Å². The number of likely N-dealkylation sites (tertiary alicyclic amines) is 2. The maximum absolute atomic E-state index is 12.3. The third-order valence-corrected chi connectivity index (χ3v) is 15.2. The van der Waals surface area contributed by atoms with Crippen LogP contribution in [0.3, 0.4) is 0 Å². The first kappa shape index (κ1) is 50.5. The standard InChI is InChI=1S/C23H22N8O2.C15H20BN3O2.C14H14BrN5O2/c1-14(32)29-13-17(33)10-19(29)23-28-21(20-11-25-22-18(31(20)23)6-7-24-22)16-4-2-15(3-5-16)12-30-26-8-9-27-30;1-14(2)15(3,4)21-16(20-14)13-7-5-12(6-8-13)11-19-17-9-10-18-19;1-7(21)19-6-8(22)4-10(19)14-18-12(15)11-5-17-13-9(20(11)14)2-3-16-13/h2-9,11,17,19,24,33H,10,12-13H2,1H3;5-10H,11H2,1-4H3;2-3,5,8,10,16,22H,4,6H2,1H3/t17-,19-;;8-,10-/m1.1/s1. The van der Waals surface area contributed by atoms with Crippen molar-refractivity contribution in [3.8, 4) is 11.3 Å². The normalized spacial score (nSPS) is 19.9. The lowest BCUT2D eigenvalue weighted by Gasteiger charge is -2.32. The Morgan fingerprint density at radius 1 is 0.645 bits per heavy atom. The van der Waals surface area contributed by atoms with Crippen molar-refractivity contribution < 1.29 is 29.1 Å². The molecule has 3 aliphatic heterocycles. The van der Waals surface area contributed by atoms with Crippen LogP contribution in [0.1, 0.15) is 89.2 Å². The predicted molar refractivity (Wildman–Crippen MR) is 285 cm³/mol. The number of hydrogen-bond acceptors (Lipinski definition) is 14. The number of aromatic amines is 2. The van der Waals surface area contributed by atoms with E-state index in [4.69, 9.17) is 14.3 Å². The van der Waals surface area contributed by atoms with Gasteiger partial charge in [-0.25, -0.2) is 19.9 Å². The van der Waals surface area contributed by atoms with Crippen molar-refractivity contribution in [1.82, 2.24) is 78.5 Å². The van der Waals surface area contributed by atoms with Crippen LogP contribution in [0.5, 0.6) is 0 Å². The summed E-state index contributed by atoms with van der Waals surface area (Å²) in [6.07, 6.45) is 13.7. The number of aromatic nitrogens is 14. The fraction of sp³-hybridized carbons (Fsp3) is 0.346. The molecule has 3 fully saturated rings. The van der Waals surface area contributed by atoms with Gasteiger partial charge in [-0.05, 0) is 72.3 Å². The van der Waals surface area contributed by atoms with Gasteiger partial charge in [0, 0.05) is 57.7 Å². The van der Waals surface area contributed by atoms with Crippen molar-refractivity contribution in [3.63, 3.8) is 0 Å². The molecule has 0 saturated carbocycles. The molecule has 0 radical (unpaired) electrons. The molecular formula is C52H56BBrN16O6. The lowest BCUT2D eigenvalue weighted by atomic mass is 9.79. The minimum absolute atomic E-state index is 0.0613. The molecule has 8 aromatic heterocycles. The Morgan fingerprint density at radius 2 is 1.09 bits per heavy atom. The van der Waals surface area contributed by atoms with Crippen LogP contribution in [0.15, 0.2) is 115 Å². The zero-order chi connectivity index (χ0) is 53.0. The summed E-state index contributed by atoms with van der Waals surface area (Å²) in [5, 5.41) is 36.8. The van der Waals surface area contributed by atoms with Gasteiger partial charge in [-0.15, -0.1) is 0 Å². The van der Waals surface area contributed by atoms with Crippen LogP contribution in [-0.2, 0) is 32.0 Å². The van der Waals surface area contributed by atoms with Gasteiger partial charge in [0.25, 0.3) is 0 Å². The predicted octanol–water partition coefficient (Wildman–Crippen LogP) is 5.42. The van der Waals surface area contributed by atoms with E-state index in [9.17, 15) is 19.8 Å². The van der Waals surface area contributed by atoms with E-state index in [1.54, 1.807) is 56.6 Å². The average Bonchev–Trinajstić information content (AvgIpc) is 4.26.